The number of para-hydroxylation sites is 1. The van der Waals surface area contributed by atoms with Crippen LogP contribution in [-0.4, -0.2) is 15.0 Å². The van der Waals surface area contributed by atoms with Crippen LogP contribution in [0.4, 0.5) is 11.8 Å². The van der Waals surface area contributed by atoms with E-state index in [1.807, 2.05) is 18.2 Å². The molecule has 0 atom stereocenters. The van der Waals surface area contributed by atoms with E-state index in [2.05, 4.69) is 27.1 Å². The number of H-pyrrole nitrogens is 1. The van der Waals surface area contributed by atoms with Crippen LogP contribution in [-0.2, 0) is 0 Å². The molecule has 2 heterocycles. The van der Waals surface area contributed by atoms with Gasteiger partial charge in [0.15, 0.2) is 0 Å². The smallest absolute Gasteiger partial charge is 0.223 e. The molecule has 0 bridgehead atoms. The molecular formula is C12H11N5S. The molecule has 0 aliphatic rings. The molecule has 0 aliphatic carbocycles. The van der Waals surface area contributed by atoms with Crippen molar-refractivity contribution in [1.29, 1.82) is 0 Å². The standard InChI is InChI=1S/C12H11N5S/c13-9-6-11(17-12(14)16-9)18-10-5-7-3-1-2-4-8(7)15-10/h1-6,15H,(H4,13,14,16,17). The summed E-state index contributed by atoms with van der Waals surface area (Å²) in [4.78, 5) is 11.3. The predicted octanol–water partition coefficient (Wildman–Crippen LogP) is 2.27. The first kappa shape index (κ1) is 10.9. The molecule has 1 aromatic carbocycles. The summed E-state index contributed by atoms with van der Waals surface area (Å²) in [6, 6.07) is 11.8. The van der Waals surface area contributed by atoms with E-state index in [1.165, 1.54) is 11.8 Å². The number of aromatic amines is 1. The van der Waals surface area contributed by atoms with Gasteiger partial charge in [0.2, 0.25) is 5.95 Å². The van der Waals surface area contributed by atoms with Crippen molar-refractivity contribution < 1.29 is 0 Å². The fourth-order valence-electron chi connectivity index (χ4n) is 1.73. The van der Waals surface area contributed by atoms with E-state index < -0.39 is 0 Å². The Bertz CT molecular complexity index is 653. The van der Waals surface area contributed by atoms with Crippen LogP contribution in [0.2, 0.25) is 0 Å². The van der Waals surface area contributed by atoms with E-state index in [4.69, 9.17) is 11.5 Å². The van der Waals surface area contributed by atoms with E-state index in [9.17, 15) is 0 Å². The van der Waals surface area contributed by atoms with Crippen molar-refractivity contribution in [2.24, 2.45) is 0 Å². The Labute approximate surface area is 108 Å². The van der Waals surface area contributed by atoms with Crippen molar-refractivity contribution in [2.75, 3.05) is 11.5 Å². The third-order valence-corrected chi connectivity index (χ3v) is 3.32. The van der Waals surface area contributed by atoms with Gasteiger partial charge in [0.05, 0.1) is 5.03 Å². The molecule has 0 fully saturated rings. The second-order valence-corrected chi connectivity index (χ2v) is 4.87. The minimum Gasteiger partial charge on any atom is -0.383 e. The van der Waals surface area contributed by atoms with Crippen LogP contribution in [0.3, 0.4) is 0 Å². The third-order valence-electron chi connectivity index (χ3n) is 2.46. The van der Waals surface area contributed by atoms with Crippen LogP contribution in [0, 0.1) is 0 Å². The quantitative estimate of drug-likeness (QED) is 0.612. The Hall–Kier alpha value is -2.21. The van der Waals surface area contributed by atoms with Gasteiger partial charge < -0.3 is 16.5 Å². The highest BCUT2D eigenvalue weighted by Crippen LogP contribution is 2.29. The lowest BCUT2D eigenvalue weighted by Crippen LogP contribution is -1.99. The van der Waals surface area contributed by atoms with Crippen molar-refractivity contribution >= 4 is 34.4 Å². The van der Waals surface area contributed by atoms with E-state index in [0.717, 1.165) is 21.0 Å². The van der Waals surface area contributed by atoms with Gasteiger partial charge in [-0.15, -0.1) is 0 Å². The first-order chi connectivity index (χ1) is 8.70. The molecule has 0 spiro atoms. The lowest BCUT2D eigenvalue weighted by molar-refractivity contribution is 1.07. The highest BCUT2D eigenvalue weighted by molar-refractivity contribution is 7.99. The zero-order chi connectivity index (χ0) is 12.5. The first-order valence-corrected chi connectivity index (χ1v) is 6.18. The number of hydrogen-bond acceptors (Lipinski definition) is 5. The van der Waals surface area contributed by atoms with Gasteiger partial charge in [0, 0.05) is 17.0 Å². The molecule has 0 radical (unpaired) electrons. The normalized spacial score (nSPS) is 10.9. The minimum atomic E-state index is 0.189. The number of aromatic nitrogens is 3. The maximum Gasteiger partial charge on any atom is 0.223 e. The van der Waals surface area contributed by atoms with Gasteiger partial charge in [0.25, 0.3) is 0 Å². The van der Waals surface area contributed by atoms with Crippen molar-refractivity contribution in [3.8, 4) is 0 Å². The molecule has 5 nitrogen and oxygen atoms in total. The second kappa shape index (κ2) is 4.23. The summed E-state index contributed by atoms with van der Waals surface area (Å²) in [6.07, 6.45) is 0. The average Bonchev–Trinajstić information content (AvgIpc) is 2.69. The van der Waals surface area contributed by atoms with Crippen molar-refractivity contribution in [3.63, 3.8) is 0 Å². The number of nitrogens with one attached hydrogen (secondary N) is 1. The van der Waals surface area contributed by atoms with Crippen molar-refractivity contribution in [3.05, 3.63) is 36.4 Å². The van der Waals surface area contributed by atoms with E-state index in [-0.39, 0.29) is 5.95 Å². The number of nitrogen functional groups attached to an aromatic ring is 2. The Balaban J connectivity index is 1.96. The molecule has 6 heteroatoms. The monoisotopic (exact) mass is 257 g/mol. The summed E-state index contributed by atoms with van der Waals surface area (Å²) >= 11 is 1.47. The summed E-state index contributed by atoms with van der Waals surface area (Å²) in [7, 11) is 0. The molecular weight excluding hydrogens is 246 g/mol. The topological polar surface area (TPSA) is 93.6 Å². The highest BCUT2D eigenvalue weighted by atomic mass is 32.2. The first-order valence-electron chi connectivity index (χ1n) is 5.36. The van der Waals surface area contributed by atoms with E-state index in [0.29, 0.717) is 5.82 Å². The molecule has 0 saturated heterocycles. The Kier molecular flexibility index (Phi) is 2.56. The van der Waals surface area contributed by atoms with Crippen LogP contribution in [0.5, 0.6) is 0 Å². The lowest BCUT2D eigenvalue weighted by Gasteiger charge is -2.00. The van der Waals surface area contributed by atoms with Crippen LogP contribution in [0.1, 0.15) is 0 Å². The van der Waals surface area contributed by atoms with Gasteiger partial charge in [-0.05, 0) is 12.1 Å². The summed E-state index contributed by atoms with van der Waals surface area (Å²) < 4.78 is 0. The van der Waals surface area contributed by atoms with Gasteiger partial charge in [-0.3, -0.25) is 0 Å². The molecule has 0 amide bonds. The SMILES string of the molecule is Nc1cc(Sc2cc3ccccc3[nH]2)nc(N)n1. The zero-order valence-corrected chi connectivity index (χ0v) is 10.2. The molecule has 0 aliphatic heterocycles. The minimum absolute atomic E-state index is 0.189. The number of fused-ring (bicyclic) bond motifs is 1. The maximum absolute atomic E-state index is 5.63. The van der Waals surface area contributed by atoms with Crippen LogP contribution < -0.4 is 11.5 Å². The Morgan fingerprint density at radius 2 is 1.89 bits per heavy atom. The molecule has 5 N–H and O–H groups in total. The number of benzene rings is 1. The van der Waals surface area contributed by atoms with Gasteiger partial charge in [0.1, 0.15) is 10.8 Å². The number of hydrogen-bond donors (Lipinski definition) is 3. The number of nitrogens with two attached hydrogens (primary N) is 2. The molecule has 2 aromatic heterocycles. The fraction of sp³-hybridized carbons (Fsp3) is 0. The summed E-state index contributed by atoms with van der Waals surface area (Å²) in [6.45, 7) is 0. The molecule has 0 unspecified atom stereocenters. The van der Waals surface area contributed by atoms with Crippen LogP contribution >= 0.6 is 11.8 Å². The highest BCUT2D eigenvalue weighted by Gasteiger charge is 2.05. The van der Waals surface area contributed by atoms with Gasteiger partial charge >= 0.3 is 0 Å². The van der Waals surface area contributed by atoms with Gasteiger partial charge in [-0.1, -0.05) is 30.0 Å². The molecule has 0 saturated carbocycles. The maximum atomic E-state index is 5.63. The van der Waals surface area contributed by atoms with Crippen molar-refractivity contribution in [2.45, 2.75) is 10.1 Å². The number of nitrogens with zero attached hydrogens (tertiary/aromatic N) is 2. The molecule has 3 rings (SSSR count). The predicted molar refractivity (Wildman–Crippen MR) is 73.3 cm³/mol. The molecule has 90 valence electrons. The summed E-state index contributed by atoms with van der Waals surface area (Å²) in [5, 5.41) is 2.88. The zero-order valence-electron chi connectivity index (χ0n) is 9.42. The number of rotatable bonds is 2. The van der Waals surface area contributed by atoms with Gasteiger partial charge in [-0.2, -0.15) is 4.98 Å². The fourth-order valence-corrected chi connectivity index (χ4v) is 2.62. The number of anilines is 2. The summed E-state index contributed by atoms with van der Waals surface area (Å²) in [5.41, 5.74) is 12.3. The van der Waals surface area contributed by atoms with E-state index >= 15 is 0 Å². The average molecular weight is 257 g/mol. The van der Waals surface area contributed by atoms with Crippen LogP contribution in [0.25, 0.3) is 10.9 Å². The van der Waals surface area contributed by atoms with Gasteiger partial charge in [-0.25, -0.2) is 4.98 Å². The molecule has 3 aromatic rings. The van der Waals surface area contributed by atoms with Crippen molar-refractivity contribution in [1.82, 2.24) is 15.0 Å². The molecule has 18 heavy (non-hydrogen) atoms. The largest absolute Gasteiger partial charge is 0.383 e. The Morgan fingerprint density at radius 3 is 2.67 bits per heavy atom. The third kappa shape index (κ3) is 2.10. The van der Waals surface area contributed by atoms with E-state index in [1.54, 1.807) is 6.07 Å². The lowest BCUT2D eigenvalue weighted by atomic mass is 10.3. The van der Waals surface area contributed by atoms with Crippen LogP contribution in [0.15, 0.2) is 46.5 Å². The second-order valence-electron chi connectivity index (χ2n) is 3.81. The Morgan fingerprint density at radius 1 is 1.06 bits per heavy atom. The summed E-state index contributed by atoms with van der Waals surface area (Å²) in [5.74, 6) is 0.565.